The van der Waals surface area contributed by atoms with Crippen molar-refractivity contribution in [3.05, 3.63) is 52.7 Å². The summed E-state index contributed by atoms with van der Waals surface area (Å²) in [6, 6.07) is 7.36. The zero-order valence-corrected chi connectivity index (χ0v) is 18.8. The summed E-state index contributed by atoms with van der Waals surface area (Å²) < 4.78 is 43.7. The fraction of sp³-hybridized carbons (Fsp3) is 0.409. The number of hydrogen-bond donors (Lipinski definition) is 2. The molecule has 178 valence electrons. The van der Waals surface area contributed by atoms with Crippen LogP contribution < -0.4 is 20.5 Å². The first-order chi connectivity index (χ1) is 15.5. The molecule has 1 atom stereocenters. The number of aromatic nitrogens is 1. The third kappa shape index (κ3) is 6.50. The Labute approximate surface area is 194 Å². The highest BCUT2D eigenvalue weighted by Gasteiger charge is 2.31. The van der Waals surface area contributed by atoms with Gasteiger partial charge >= 0.3 is 6.18 Å². The summed E-state index contributed by atoms with van der Waals surface area (Å²) in [7, 11) is 0. The zero-order chi connectivity index (χ0) is 24.2. The number of benzene rings is 1. The molecule has 3 rings (SSSR count). The molecular weight excluding hydrogens is 461 g/mol. The number of carbonyl (C=O) groups is 2. The Morgan fingerprint density at radius 1 is 1.18 bits per heavy atom. The van der Waals surface area contributed by atoms with Gasteiger partial charge in [0.2, 0.25) is 5.91 Å². The van der Waals surface area contributed by atoms with Crippen LogP contribution in [-0.4, -0.2) is 36.0 Å². The van der Waals surface area contributed by atoms with Crippen LogP contribution in [0.5, 0.6) is 5.75 Å². The fourth-order valence-electron chi connectivity index (χ4n) is 3.43. The van der Waals surface area contributed by atoms with Crippen molar-refractivity contribution in [1.29, 1.82) is 0 Å². The summed E-state index contributed by atoms with van der Waals surface area (Å²) in [5.74, 6) is -0.246. The van der Waals surface area contributed by atoms with Crippen LogP contribution >= 0.6 is 11.6 Å². The monoisotopic (exact) mass is 484 g/mol. The average molecular weight is 485 g/mol. The molecule has 1 fully saturated rings. The summed E-state index contributed by atoms with van der Waals surface area (Å²) in [6.45, 7) is 4.28. The van der Waals surface area contributed by atoms with E-state index in [0.29, 0.717) is 42.5 Å². The lowest BCUT2D eigenvalue weighted by Gasteiger charge is -2.32. The Morgan fingerprint density at radius 3 is 2.45 bits per heavy atom. The Bertz CT molecular complexity index is 993. The molecule has 1 aromatic heterocycles. The van der Waals surface area contributed by atoms with Crippen molar-refractivity contribution in [2.45, 2.75) is 39.0 Å². The van der Waals surface area contributed by atoms with E-state index in [1.165, 1.54) is 6.07 Å². The SMILES string of the molecule is Cc1cc(Cl)ccc1OC(C)C(=O)NNC(=O)C1CCN(c2ccc(C(F)(F)F)cn2)CC1. The van der Waals surface area contributed by atoms with Crippen LogP contribution in [0.4, 0.5) is 19.0 Å². The molecule has 1 unspecified atom stereocenters. The van der Waals surface area contributed by atoms with Crippen molar-refractivity contribution in [1.82, 2.24) is 15.8 Å². The van der Waals surface area contributed by atoms with Gasteiger partial charge in [0.1, 0.15) is 11.6 Å². The number of nitrogens with zero attached hydrogens (tertiary/aromatic N) is 2. The number of rotatable bonds is 5. The maximum atomic E-state index is 12.7. The molecule has 2 heterocycles. The lowest BCUT2D eigenvalue weighted by Crippen LogP contribution is -2.50. The predicted molar refractivity (Wildman–Crippen MR) is 117 cm³/mol. The number of hydrazine groups is 1. The number of anilines is 1. The van der Waals surface area contributed by atoms with E-state index >= 15 is 0 Å². The molecule has 7 nitrogen and oxygen atoms in total. The first-order valence-corrected chi connectivity index (χ1v) is 10.7. The van der Waals surface area contributed by atoms with E-state index in [1.807, 2.05) is 4.90 Å². The molecule has 0 aliphatic carbocycles. The molecule has 1 aliphatic rings. The fourth-order valence-corrected chi connectivity index (χ4v) is 3.65. The van der Waals surface area contributed by atoms with Crippen LogP contribution in [0.3, 0.4) is 0 Å². The summed E-state index contributed by atoms with van der Waals surface area (Å²) >= 11 is 5.91. The van der Waals surface area contributed by atoms with Gasteiger partial charge in [-0.2, -0.15) is 13.2 Å². The number of halogens is 4. The number of aryl methyl sites for hydroxylation is 1. The highest BCUT2D eigenvalue weighted by Crippen LogP contribution is 2.30. The van der Waals surface area contributed by atoms with Crippen LogP contribution in [-0.2, 0) is 15.8 Å². The number of nitrogens with one attached hydrogen (secondary N) is 2. The minimum Gasteiger partial charge on any atom is -0.481 e. The number of pyridine rings is 1. The molecule has 2 amide bonds. The summed E-state index contributed by atoms with van der Waals surface area (Å²) in [4.78, 5) is 30.4. The number of amides is 2. The van der Waals surface area contributed by atoms with Gasteiger partial charge in [0.05, 0.1) is 5.56 Å². The number of piperidine rings is 1. The van der Waals surface area contributed by atoms with Crippen LogP contribution in [0.25, 0.3) is 0 Å². The number of alkyl halides is 3. The Hall–Kier alpha value is -3.01. The van der Waals surface area contributed by atoms with E-state index in [0.717, 1.165) is 17.8 Å². The molecule has 0 radical (unpaired) electrons. The van der Waals surface area contributed by atoms with Crippen LogP contribution in [0.15, 0.2) is 36.5 Å². The Balaban J connectivity index is 1.44. The van der Waals surface area contributed by atoms with Gasteiger partial charge in [-0.05, 0) is 62.6 Å². The topological polar surface area (TPSA) is 83.6 Å². The highest BCUT2D eigenvalue weighted by molar-refractivity contribution is 6.30. The lowest BCUT2D eigenvalue weighted by molar-refractivity contribution is -0.137. The van der Waals surface area contributed by atoms with Gasteiger partial charge in [-0.1, -0.05) is 11.6 Å². The minimum absolute atomic E-state index is 0.335. The minimum atomic E-state index is -4.43. The van der Waals surface area contributed by atoms with Gasteiger partial charge in [-0.15, -0.1) is 0 Å². The molecule has 0 bridgehead atoms. The van der Waals surface area contributed by atoms with E-state index in [-0.39, 0.29) is 11.8 Å². The normalized spacial score (nSPS) is 15.6. The van der Waals surface area contributed by atoms with Gasteiger partial charge in [0.25, 0.3) is 5.91 Å². The molecule has 0 spiro atoms. The largest absolute Gasteiger partial charge is 0.481 e. The summed E-state index contributed by atoms with van der Waals surface area (Å²) in [5.41, 5.74) is 4.77. The number of hydrogen-bond acceptors (Lipinski definition) is 5. The van der Waals surface area contributed by atoms with Crippen molar-refractivity contribution in [2.24, 2.45) is 5.92 Å². The third-order valence-corrected chi connectivity index (χ3v) is 5.62. The smallest absolute Gasteiger partial charge is 0.417 e. The van der Waals surface area contributed by atoms with Gasteiger partial charge in [0.15, 0.2) is 6.10 Å². The van der Waals surface area contributed by atoms with Gasteiger partial charge in [-0.3, -0.25) is 20.4 Å². The van der Waals surface area contributed by atoms with E-state index in [9.17, 15) is 22.8 Å². The first kappa shape index (κ1) is 24.6. The predicted octanol–water partition coefficient (Wildman–Crippen LogP) is 3.89. The van der Waals surface area contributed by atoms with E-state index in [1.54, 1.807) is 32.0 Å². The molecule has 2 N–H and O–H groups in total. The van der Waals surface area contributed by atoms with Gasteiger partial charge in [0, 0.05) is 30.2 Å². The van der Waals surface area contributed by atoms with E-state index in [4.69, 9.17) is 16.3 Å². The number of ether oxygens (including phenoxy) is 1. The van der Waals surface area contributed by atoms with E-state index in [2.05, 4.69) is 15.8 Å². The third-order valence-electron chi connectivity index (χ3n) is 5.38. The molecule has 2 aromatic rings. The standard InChI is InChI=1S/C22H24ClF3N4O3/c1-13-11-17(23)4-5-18(13)33-14(2)20(31)28-29-21(32)15-7-9-30(10-8-15)19-6-3-16(12-27-19)22(24,25)26/h3-6,11-12,14-15H,7-10H2,1-2H3,(H,28,31)(H,29,32). The molecule has 1 aromatic carbocycles. The van der Waals surface area contributed by atoms with Crippen molar-refractivity contribution in [3.63, 3.8) is 0 Å². The molecule has 1 saturated heterocycles. The first-order valence-electron chi connectivity index (χ1n) is 10.4. The zero-order valence-electron chi connectivity index (χ0n) is 18.1. The molecule has 11 heteroatoms. The van der Waals surface area contributed by atoms with Crippen molar-refractivity contribution in [3.8, 4) is 5.75 Å². The second-order valence-electron chi connectivity index (χ2n) is 7.81. The maximum Gasteiger partial charge on any atom is 0.417 e. The quantitative estimate of drug-likeness (QED) is 0.629. The van der Waals surface area contributed by atoms with Gasteiger partial charge in [-0.25, -0.2) is 4.98 Å². The molecule has 33 heavy (non-hydrogen) atoms. The van der Waals surface area contributed by atoms with Crippen molar-refractivity contribution >= 4 is 29.2 Å². The molecule has 0 saturated carbocycles. The second-order valence-corrected chi connectivity index (χ2v) is 8.25. The summed E-state index contributed by atoms with van der Waals surface area (Å²) in [5, 5.41) is 0.560. The Morgan fingerprint density at radius 2 is 1.88 bits per heavy atom. The number of carbonyl (C=O) groups excluding carboxylic acids is 2. The highest BCUT2D eigenvalue weighted by atomic mass is 35.5. The van der Waals surface area contributed by atoms with Crippen molar-refractivity contribution in [2.75, 3.05) is 18.0 Å². The maximum absolute atomic E-state index is 12.7. The summed E-state index contributed by atoms with van der Waals surface area (Å²) in [6.07, 6.45) is -3.53. The molecular formula is C22H24ClF3N4O3. The van der Waals surface area contributed by atoms with Crippen molar-refractivity contribution < 1.29 is 27.5 Å². The Kier molecular flexibility index (Phi) is 7.68. The van der Waals surface area contributed by atoms with Gasteiger partial charge < -0.3 is 9.64 Å². The van der Waals surface area contributed by atoms with Crippen LogP contribution in [0.1, 0.15) is 30.9 Å². The van der Waals surface area contributed by atoms with Crippen LogP contribution in [0, 0.1) is 12.8 Å². The average Bonchev–Trinajstić information content (AvgIpc) is 2.78. The second kappa shape index (κ2) is 10.3. The van der Waals surface area contributed by atoms with E-state index < -0.39 is 23.8 Å². The van der Waals surface area contributed by atoms with Crippen LogP contribution in [0.2, 0.25) is 5.02 Å². The lowest BCUT2D eigenvalue weighted by atomic mass is 9.96. The molecule has 1 aliphatic heterocycles.